The van der Waals surface area contributed by atoms with E-state index in [1.807, 2.05) is 11.0 Å². The third-order valence-corrected chi connectivity index (χ3v) is 5.60. The van der Waals surface area contributed by atoms with E-state index < -0.39 is 11.9 Å². The zero-order valence-electron chi connectivity index (χ0n) is 18.6. The van der Waals surface area contributed by atoms with Gasteiger partial charge in [-0.3, -0.25) is 0 Å². The molecular weight excluding hydrogens is 479 g/mol. The Balaban J connectivity index is 1.21. The highest BCUT2D eigenvalue weighted by Crippen LogP contribution is 2.31. The number of benzene rings is 1. The van der Waals surface area contributed by atoms with Crippen molar-refractivity contribution < 1.29 is 26.8 Å². The molecule has 2 amide bonds. The molecule has 0 bridgehead atoms. The highest BCUT2D eigenvalue weighted by atomic mass is 19.4. The first kappa shape index (κ1) is 23.0. The zero-order chi connectivity index (χ0) is 25.3. The number of rotatable bonds is 4. The third-order valence-electron chi connectivity index (χ3n) is 5.60. The van der Waals surface area contributed by atoms with E-state index in [1.54, 1.807) is 17.0 Å². The maximum absolute atomic E-state index is 13.1. The van der Waals surface area contributed by atoms with Gasteiger partial charge < -0.3 is 24.0 Å². The Morgan fingerprint density at radius 2 is 1.83 bits per heavy atom. The summed E-state index contributed by atoms with van der Waals surface area (Å²) in [5, 5.41) is 15.9. The third kappa shape index (κ3) is 4.48. The standard InChI is InChI=1S/C23H18F3N7O3/c24-23(25,26)19-7-8-28-33(19)16-5-3-15(4-6-16)29-22(34)32-11-9-31(10-12-32)21-17(14-27)30-20(36-21)18-2-1-13-35-18/h1-8,13H,9-12H2,(H,29,34). The quantitative estimate of drug-likeness (QED) is 0.445. The van der Waals surface area contributed by atoms with Gasteiger partial charge in [-0.25, -0.2) is 9.48 Å². The summed E-state index contributed by atoms with van der Waals surface area (Å²) < 4.78 is 51.2. The molecule has 1 aromatic carbocycles. The van der Waals surface area contributed by atoms with Crippen LogP contribution in [0.15, 0.2) is 63.8 Å². The van der Waals surface area contributed by atoms with E-state index in [1.165, 1.54) is 30.5 Å². The molecule has 184 valence electrons. The molecule has 0 unspecified atom stereocenters. The Hall–Kier alpha value is -4.73. The molecule has 13 heteroatoms. The van der Waals surface area contributed by atoms with Crippen molar-refractivity contribution in [3.63, 3.8) is 0 Å². The predicted octanol–water partition coefficient (Wildman–Crippen LogP) is 4.36. The molecule has 10 nitrogen and oxygen atoms in total. The van der Waals surface area contributed by atoms with Gasteiger partial charge in [-0.05, 0) is 42.5 Å². The van der Waals surface area contributed by atoms with Crippen LogP contribution in [0.25, 0.3) is 17.3 Å². The summed E-state index contributed by atoms with van der Waals surface area (Å²) >= 11 is 0. The molecule has 36 heavy (non-hydrogen) atoms. The molecule has 0 aliphatic carbocycles. The minimum absolute atomic E-state index is 0.130. The lowest BCUT2D eigenvalue weighted by molar-refractivity contribution is -0.142. The Morgan fingerprint density at radius 1 is 1.08 bits per heavy atom. The van der Waals surface area contributed by atoms with E-state index in [-0.39, 0.29) is 23.3 Å². The van der Waals surface area contributed by atoms with Crippen LogP contribution >= 0.6 is 0 Å². The van der Waals surface area contributed by atoms with Gasteiger partial charge in [-0.2, -0.15) is 28.5 Å². The number of aromatic nitrogens is 3. The number of nitriles is 1. The van der Waals surface area contributed by atoms with Crippen LogP contribution in [0, 0.1) is 11.3 Å². The molecule has 5 rings (SSSR count). The highest BCUT2D eigenvalue weighted by molar-refractivity contribution is 5.89. The average Bonchev–Trinajstić information content (AvgIpc) is 3.64. The molecule has 1 aliphatic heterocycles. The van der Waals surface area contributed by atoms with Crippen LogP contribution in [-0.4, -0.2) is 51.9 Å². The number of carbonyl (C=O) groups is 1. The molecule has 1 fully saturated rings. The summed E-state index contributed by atoms with van der Waals surface area (Å²) in [6.45, 7) is 1.53. The fourth-order valence-electron chi connectivity index (χ4n) is 3.83. The topological polar surface area (TPSA) is 116 Å². The van der Waals surface area contributed by atoms with E-state index >= 15 is 0 Å². The number of piperazine rings is 1. The van der Waals surface area contributed by atoms with Crippen LogP contribution in [0.3, 0.4) is 0 Å². The Labute approximate surface area is 202 Å². The van der Waals surface area contributed by atoms with Gasteiger partial charge in [0.25, 0.3) is 5.89 Å². The van der Waals surface area contributed by atoms with Crippen LogP contribution in [0.4, 0.5) is 29.5 Å². The number of urea groups is 1. The van der Waals surface area contributed by atoms with E-state index in [4.69, 9.17) is 8.83 Å². The molecule has 1 saturated heterocycles. The van der Waals surface area contributed by atoms with Crippen LogP contribution in [0.5, 0.6) is 0 Å². The van der Waals surface area contributed by atoms with E-state index in [9.17, 15) is 23.2 Å². The van der Waals surface area contributed by atoms with Gasteiger partial charge in [-0.15, -0.1) is 0 Å². The molecule has 0 atom stereocenters. The van der Waals surface area contributed by atoms with Crippen LogP contribution in [0.2, 0.25) is 0 Å². The fourth-order valence-corrected chi connectivity index (χ4v) is 3.83. The van der Waals surface area contributed by atoms with E-state index in [2.05, 4.69) is 15.4 Å². The smallest absolute Gasteiger partial charge is 0.433 e. The second-order valence-corrected chi connectivity index (χ2v) is 7.84. The molecule has 0 spiro atoms. The first-order valence-corrected chi connectivity index (χ1v) is 10.8. The number of furan rings is 1. The normalized spacial score (nSPS) is 14.1. The van der Waals surface area contributed by atoms with Gasteiger partial charge in [-0.1, -0.05) is 0 Å². The summed E-state index contributed by atoms with van der Waals surface area (Å²) in [7, 11) is 0. The van der Waals surface area contributed by atoms with Gasteiger partial charge in [0.1, 0.15) is 11.8 Å². The number of halogens is 3. The van der Waals surface area contributed by atoms with E-state index in [0.717, 1.165) is 16.9 Å². The van der Waals surface area contributed by atoms with Gasteiger partial charge in [0.05, 0.1) is 18.1 Å². The van der Waals surface area contributed by atoms with Gasteiger partial charge in [0.2, 0.25) is 11.6 Å². The number of nitrogens with one attached hydrogen (secondary N) is 1. The Bertz CT molecular complexity index is 1390. The zero-order valence-corrected chi connectivity index (χ0v) is 18.6. The summed E-state index contributed by atoms with van der Waals surface area (Å²) in [5.74, 6) is 0.924. The molecule has 4 heterocycles. The average molecular weight is 497 g/mol. The number of nitrogens with zero attached hydrogens (tertiary/aromatic N) is 6. The first-order valence-electron chi connectivity index (χ1n) is 10.8. The SMILES string of the molecule is N#Cc1nc(-c2ccco2)oc1N1CCN(C(=O)Nc2ccc(-n3nccc3C(F)(F)F)cc2)CC1. The van der Waals surface area contributed by atoms with Crippen molar-refractivity contribution in [3.05, 3.63) is 66.3 Å². The van der Waals surface area contributed by atoms with Crippen molar-refractivity contribution in [2.45, 2.75) is 6.18 Å². The second kappa shape index (κ2) is 9.14. The lowest BCUT2D eigenvalue weighted by Crippen LogP contribution is -2.50. The maximum Gasteiger partial charge on any atom is 0.433 e. The summed E-state index contributed by atoms with van der Waals surface area (Å²) in [6.07, 6.45) is -1.98. The first-order chi connectivity index (χ1) is 17.3. The minimum Gasteiger partial charge on any atom is -0.459 e. The van der Waals surface area contributed by atoms with E-state index in [0.29, 0.717) is 43.5 Å². The number of oxazole rings is 1. The van der Waals surface area contributed by atoms with Gasteiger partial charge in [0, 0.05) is 31.9 Å². The number of amides is 2. The summed E-state index contributed by atoms with van der Waals surface area (Å²) in [5.41, 5.74) is -0.116. The monoisotopic (exact) mass is 497 g/mol. The largest absolute Gasteiger partial charge is 0.459 e. The van der Waals surface area contributed by atoms with Gasteiger partial charge >= 0.3 is 12.2 Å². The van der Waals surface area contributed by atoms with Crippen molar-refractivity contribution >= 4 is 17.6 Å². The molecule has 3 aromatic heterocycles. The number of carbonyl (C=O) groups excluding carboxylic acids is 1. The van der Waals surface area contributed by atoms with Crippen LogP contribution < -0.4 is 10.2 Å². The van der Waals surface area contributed by atoms with Crippen molar-refractivity contribution in [1.29, 1.82) is 5.26 Å². The van der Waals surface area contributed by atoms with Crippen molar-refractivity contribution in [2.24, 2.45) is 0 Å². The Kier molecular flexibility index (Phi) is 5.85. The van der Waals surface area contributed by atoms with Crippen molar-refractivity contribution in [2.75, 3.05) is 36.4 Å². The molecular formula is C23H18F3N7O3. The minimum atomic E-state index is -4.54. The fraction of sp³-hybridized carbons (Fsp3) is 0.217. The number of hydrogen-bond donors (Lipinski definition) is 1. The number of anilines is 2. The lowest BCUT2D eigenvalue weighted by atomic mass is 10.2. The molecule has 1 N–H and O–H groups in total. The lowest BCUT2D eigenvalue weighted by Gasteiger charge is -2.34. The predicted molar refractivity (Wildman–Crippen MR) is 120 cm³/mol. The van der Waals surface area contributed by atoms with Crippen molar-refractivity contribution in [3.8, 4) is 23.4 Å². The van der Waals surface area contributed by atoms with Crippen molar-refractivity contribution in [1.82, 2.24) is 19.7 Å². The summed E-state index contributed by atoms with van der Waals surface area (Å²) in [6, 6.07) is 11.8. The Morgan fingerprint density at radius 3 is 2.47 bits per heavy atom. The molecule has 4 aromatic rings. The number of alkyl halides is 3. The van der Waals surface area contributed by atoms with Crippen LogP contribution in [-0.2, 0) is 6.18 Å². The molecule has 0 radical (unpaired) electrons. The highest BCUT2D eigenvalue weighted by Gasteiger charge is 2.35. The van der Waals surface area contributed by atoms with Crippen LogP contribution in [0.1, 0.15) is 11.4 Å². The second-order valence-electron chi connectivity index (χ2n) is 7.84. The maximum atomic E-state index is 13.1. The number of hydrogen-bond acceptors (Lipinski definition) is 7. The molecule has 1 aliphatic rings. The summed E-state index contributed by atoms with van der Waals surface area (Å²) in [4.78, 5) is 20.3. The molecule has 0 saturated carbocycles. The van der Waals surface area contributed by atoms with Gasteiger partial charge in [0.15, 0.2) is 5.76 Å².